The minimum absolute atomic E-state index is 0.496. The fourth-order valence-electron chi connectivity index (χ4n) is 3.38. The van der Waals surface area contributed by atoms with E-state index in [-0.39, 0.29) is 0 Å². The summed E-state index contributed by atoms with van der Waals surface area (Å²) >= 11 is 0. The number of likely N-dealkylation sites (tertiary alicyclic amines) is 1. The normalized spacial score (nSPS) is 37.1. The van der Waals surface area contributed by atoms with Crippen LogP contribution in [0.4, 0.5) is 0 Å². The highest BCUT2D eigenvalue weighted by Crippen LogP contribution is 2.36. The highest BCUT2D eigenvalue weighted by molar-refractivity contribution is 4.92. The van der Waals surface area contributed by atoms with Crippen molar-refractivity contribution in [1.29, 1.82) is 0 Å². The van der Waals surface area contributed by atoms with Gasteiger partial charge in [0, 0.05) is 18.6 Å². The maximum absolute atomic E-state index is 3.43. The van der Waals surface area contributed by atoms with Crippen molar-refractivity contribution in [3.8, 4) is 0 Å². The van der Waals surface area contributed by atoms with Gasteiger partial charge in [-0.15, -0.1) is 0 Å². The molecule has 1 heterocycles. The van der Waals surface area contributed by atoms with Crippen molar-refractivity contribution < 1.29 is 0 Å². The Kier molecular flexibility index (Phi) is 3.60. The molecular weight excluding hydrogens is 196 g/mol. The average Bonchev–Trinajstić information content (AvgIpc) is 2.85. The van der Waals surface area contributed by atoms with Crippen LogP contribution in [0.15, 0.2) is 0 Å². The number of nitrogens with one attached hydrogen (secondary N) is 1. The molecule has 2 nitrogen and oxygen atoms in total. The molecule has 0 radical (unpaired) electrons. The smallest absolute Gasteiger partial charge is 0.0111 e. The van der Waals surface area contributed by atoms with Gasteiger partial charge >= 0.3 is 0 Å². The summed E-state index contributed by atoms with van der Waals surface area (Å²) in [4.78, 5) is 2.76. The molecule has 1 saturated heterocycles. The summed E-state index contributed by atoms with van der Waals surface area (Å²) in [5, 5.41) is 3.43. The van der Waals surface area contributed by atoms with E-state index in [1.807, 2.05) is 0 Å². The van der Waals surface area contributed by atoms with Crippen molar-refractivity contribution in [2.45, 2.75) is 58.5 Å². The van der Waals surface area contributed by atoms with E-state index in [1.165, 1.54) is 38.8 Å². The molecule has 0 amide bonds. The summed E-state index contributed by atoms with van der Waals surface area (Å²) in [6.07, 6.45) is 5.55. The molecule has 1 aliphatic carbocycles. The number of nitrogens with zero attached hydrogens (tertiary/aromatic N) is 1. The van der Waals surface area contributed by atoms with E-state index in [2.05, 4.69) is 38.0 Å². The van der Waals surface area contributed by atoms with Crippen molar-refractivity contribution in [3.05, 3.63) is 0 Å². The SMILES string of the molecule is CNC1CCC(N2CCC(C(C)(C)C)C2)C1. The van der Waals surface area contributed by atoms with Crippen LogP contribution in [0.3, 0.4) is 0 Å². The van der Waals surface area contributed by atoms with E-state index >= 15 is 0 Å². The monoisotopic (exact) mass is 224 g/mol. The third-order valence-electron chi connectivity index (χ3n) is 4.77. The van der Waals surface area contributed by atoms with Gasteiger partial charge in [0.15, 0.2) is 0 Å². The summed E-state index contributed by atoms with van der Waals surface area (Å²) in [6.45, 7) is 9.86. The first-order chi connectivity index (χ1) is 7.50. The summed E-state index contributed by atoms with van der Waals surface area (Å²) < 4.78 is 0. The zero-order chi connectivity index (χ0) is 11.8. The van der Waals surface area contributed by atoms with Gasteiger partial charge in [0.25, 0.3) is 0 Å². The number of rotatable bonds is 2. The summed E-state index contributed by atoms with van der Waals surface area (Å²) in [5.74, 6) is 0.904. The zero-order valence-corrected chi connectivity index (χ0v) is 11.4. The van der Waals surface area contributed by atoms with Gasteiger partial charge in [0.2, 0.25) is 0 Å². The van der Waals surface area contributed by atoms with E-state index in [4.69, 9.17) is 0 Å². The largest absolute Gasteiger partial charge is 0.317 e. The molecule has 2 heteroatoms. The standard InChI is InChI=1S/C14H28N2/c1-14(2,3)11-7-8-16(10-11)13-6-5-12(9-13)15-4/h11-13,15H,5-10H2,1-4H3. The predicted octanol–water partition coefficient (Wildman–Crippen LogP) is 2.49. The summed E-state index contributed by atoms with van der Waals surface area (Å²) in [5.41, 5.74) is 0.496. The molecule has 2 aliphatic rings. The molecule has 0 aromatic carbocycles. The third-order valence-corrected chi connectivity index (χ3v) is 4.77. The van der Waals surface area contributed by atoms with Gasteiger partial charge in [0.1, 0.15) is 0 Å². The Morgan fingerprint density at radius 2 is 1.88 bits per heavy atom. The molecule has 3 unspecified atom stereocenters. The van der Waals surface area contributed by atoms with Gasteiger partial charge in [-0.05, 0) is 50.6 Å². The fourth-order valence-corrected chi connectivity index (χ4v) is 3.38. The zero-order valence-electron chi connectivity index (χ0n) is 11.4. The molecule has 1 N–H and O–H groups in total. The van der Waals surface area contributed by atoms with E-state index in [9.17, 15) is 0 Å². The Labute approximate surface area is 101 Å². The van der Waals surface area contributed by atoms with Gasteiger partial charge in [-0.2, -0.15) is 0 Å². The highest BCUT2D eigenvalue weighted by Gasteiger charge is 2.36. The molecule has 16 heavy (non-hydrogen) atoms. The Bertz CT molecular complexity index is 231. The minimum Gasteiger partial charge on any atom is -0.317 e. The van der Waals surface area contributed by atoms with Crippen molar-refractivity contribution in [2.24, 2.45) is 11.3 Å². The van der Waals surface area contributed by atoms with Crippen LogP contribution >= 0.6 is 0 Å². The van der Waals surface area contributed by atoms with Crippen molar-refractivity contribution in [1.82, 2.24) is 10.2 Å². The first-order valence-electron chi connectivity index (χ1n) is 6.92. The lowest BCUT2D eigenvalue weighted by Gasteiger charge is -2.29. The average molecular weight is 224 g/mol. The van der Waals surface area contributed by atoms with Crippen molar-refractivity contribution in [2.75, 3.05) is 20.1 Å². The van der Waals surface area contributed by atoms with E-state index in [0.29, 0.717) is 5.41 Å². The first kappa shape index (κ1) is 12.4. The molecule has 1 saturated carbocycles. The summed E-state index contributed by atoms with van der Waals surface area (Å²) in [7, 11) is 2.11. The van der Waals surface area contributed by atoms with E-state index in [0.717, 1.165) is 18.0 Å². The predicted molar refractivity (Wildman–Crippen MR) is 69.6 cm³/mol. The number of hydrogen-bond donors (Lipinski definition) is 1. The second-order valence-corrected chi connectivity index (χ2v) is 6.80. The molecular formula is C14H28N2. The van der Waals surface area contributed by atoms with Gasteiger partial charge in [-0.3, -0.25) is 0 Å². The van der Waals surface area contributed by atoms with Crippen LogP contribution in [0.5, 0.6) is 0 Å². The molecule has 0 bridgehead atoms. The van der Waals surface area contributed by atoms with Crippen LogP contribution in [0.25, 0.3) is 0 Å². The molecule has 0 aromatic heterocycles. The minimum atomic E-state index is 0.496. The molecule has 0 aromatic rings. The molecule has 3 atom stereocenters. The van der Waals surface area contributed by atoms with E-state index < -0.39 is 0 Å². The number of hydrogen-bond acceptors (Lipinski definition) is 2. The van der Waals surface area contributed by atoms with Gasteiger partial charge in [-0.25, -0.2) is 0 Å². The van der Waals surface area contributed by atoms with Crippen LogP contribution in [0.1, 0.15) is 46.5 Å². The second-order valence-electron chi connectivity index (χ2n) is 6.80. The molecule has 2 fully saturated rings. The Balaban J connectivity index is 1.85. The molecule has 0 spiro atoms. The van der Waals surface area contributed by atoms with Crippen LogP contribution in [-0.4, -0.2) is 37.1 Å². The van der Waals surface area contributed by atoms with Gasteiger partial charge in [0.05, 0.1) is 0 Å². The lowest BCUT2D eigenvalue weighted by atomic mass is 9.80. The van der Waals surface area contributed by atoms with Crippen LogP contribution in [0.2, 0.25) is 0 Å². The lowest BCUT2D eigenvalue weighted by Crippen LogP contribution is -2.34. The first-order valence-corrected chi connectivity index (χ1v) is 6.92. The quantitative estimate of drug-likeness (QED) is 0.775. The topological polar surface area (TPSA) is 15.3 Å². The van der Waals surface area contributed by atoms with Crippen LogP contribution in [0, 0.1) is 11.3 Å². The maximum atomic E-state index is 3.43. The van der Waals surface area contributed by atoms with Gasteiger partial charge < -0.3 is 10.2 Å². The summed E-state index contributed by atoms with van der Waals surface area (Å²) in [6, 6.07) is 1.64. The lowest BCUT2D eigenvalue weighted by molar-refractivity contribution is 0.194. The maximum Gasteiger partial charge on any atom is 0.0111 e. The molecule has 2 rings (SSSR count). The highest BCUT2D eigenvalue weighted by atomic mass is 15.2. The van der Waals surface area contributed by atoms with Crippen LogP contribution in [-0.2, 0) is 0 Å². The molecule has 1 aliphatic heterocycles. The van der Waals surface area contributed by atoms with Crippen LogP contribution < -0.4 is 5.32 Å². The van der Waals surface area contributed by atoms with Crippen molar-refractivity contribution in [3.63, 3.8) is 0 Å². The Morgan fingerprint density at radius 1 is 1.12 bits per heavy atom. The Morgan fingerprint density at radius 3 is 2.38 bits per heavy atom. The second kappa shape index (κ2) is 4.66. The van der Waals surface area contributed by atoms with E-state index in [1.54, 1.807) is 0 Å². The fraction of sp³-hybridized carbons (Fsp3) is 1.00. The van der Waals surface area contributed by atoms with Gasteiger partial charge in [-0.1, -0.05) is 20.8 Å². The molecule has 94 valence electrons. The third kappa shape index (κ3) is 2.60. The van der Waals surface area contributed by atoms with Crippen molar-refractivity contribution >= 4 is 0 Å². The Hall–Kier alpha value is -0.0800.